The first-order valence-corrected chi connectivity index (χ1v) is 8.08. The first-order valence-electron chi connectivity index (χ1n) is 8.08. The lowest BCUT2D eigenvalue weighted by Crippen LogP contribution is -2.47. The van der Waals surface area contributed by atoms with Crippen LogP contribution < -0.4 is 0 Å². The molecule has 0 aromatic heterocycles. The Labute approximate surface area is 133 Å². The van der Waals surface area contributed by atoms with Gasteiger partial charge in [-0.1, -0.05) is 6.08 Å². The fourth-order valence-electron chi connectivity index (χ4n) is 2.65. The van der Waals surface area contributed by atoms with Crippen molar-refractivity contribution < 1.29 is 19.1 Å². The molecule has 0 aromatic rings. The Morgan fingerprint density at radius 2 is 1.95 bits per heavy atom. The molecule has 1 unspecified atom stereocenters. The lowest BCUT2D eigenvalue weighted by molar-refractivity contribution is -0.142. The van der Waals surface area contributed by atoms with E-state index in [-0.39, 0.29) is 24.5 Å². The number of ether oxygens (including phenoxy) is 2. The molecule has 1 heterocycles. The van der Waals surface area contributed by atoms with Gasteiger partial charge in [0.05, 0.1) is 19.1 Å². The van der Waals surface area contributed by atoms with Crippen LogP contribution in [-0.2, 0) is 14.3 Å². The van der Waals surface area contributed by atoms with E-state index in [1.54, 1.807) is 11.8 Å². The Morgan fingerprint density at radius 1 is 1.27 bits per heavy atom. The van der Waals surface area contributed by atoms with Gasteiger partial charge in [-0.15, -0.1) is 0 Å². The third kappa shape index (κ3) is 5.70. The van der Waals surface area contributed by atoms with Gasteiger partial charge in [-0.25, -0.2) is 4.79 Å². The topological polar surface area (TPSA) is 55.8 Å². The van der Waals surface area contributed by atoms with E-state index in [1.165, 1.54) is 0 Å². The molecule has 0 bridgehead atoms. The van der Waals surface area contributed by atoms with Crippen molar-refractivity contribution in [1.82, 2.24) is 4.90 Å². The molecule has 1 fully saturated rings. The molecule has 126 valence electrons. The number of allylic oxidation sites excluding steroid dienone is 1. The highest BCUT2D eigenvalue weighted by Gasteiger charge is 2.32. The second-order valence-electron chi connectivity index (χ2n) is 6.53. The lowest BCUT2D eigenvalue weighted by atomic mass is 9.93. The fourth-order valence-corrected chi connectivity index (χ4v) is 2.65. The molecule has 0 radical (unpaired) electrons. The van der Waals surface area contributed by atoms with Crippen molar-refractivity contribution in [1.29, 1.82) is 0 Å². The number of likely N-dealkylation sites (tertiary alicyclic amines) is 1. The molecule has 0 N–H and O–H groups in total. The van der Waals surface area contributed by atoms with E-state index in [9.17, 15) is 9.59 Å². The van der Waals surface area contributed by atoms with Crippen LogP contribution >= 0.6 is 0 Å². The van der Waals surface area contributed by atoms with Gasteiger partial charge in [0.1, 0.15) is 5.60 Å². The summed E-state index contributed by atoms with van der Waals surface area (Å²) >= 11 is 0. The summed E-state index contributed by atoms with van der Waals surface area (Å²) in [7, 11) is 0. The summed E-state index contributed by atoms with van der Waals surface area (Å²) in [6.45, 7) is 10.3. The summed E-state index contributed by atoms with van der Waals surface area (Å²) in [5.74, 6) is -0.245. The number of rotatable bonds is 4. The van der Waals surface area contributed by atoms with Crippen molar-refractivity contribution in [2.24, 2.45) is 0 Å². The van der Waals surface area contributed by atoms with Crippen molar-refractivity contribution in [3.63, 3.8) is 0 Å². The van der Waals surface area contributed by atoms with Crippen LogP contribution in [0, 0.1) is 0 Å². The minimum absolute atomic E-state index is 0.0713. The van der Waals surface area contributed by atoms with Crippen LogP contribution in [0.5, 0.6) is 0 Å². The van der Waals surface area contributed by atoms with Gasteiger partial charge in [0.15, 0.2) is 0 Å². The van der Waals surface area contributed by atoms with Crippen LogP contribution in [0.25, 0.3) is 0 Å². The molecule has 1 atom stereocenters. The average molecular weight is 311 g/mol. The largest absolute Gasteiger partial charge is 0.466 e. The van der Waals surface area contributed by atoms with E-state index in [0.717, 1.165) is 24.8 Å². The fraction of sp³-hybridized carbons (Fsp3) is 0.765. The first kappa shape index (κ1) is 18.5. The molecule has 5 nitrogen and oxygen atoms in total. The summed E-state index contributed by atoms with van der Waals surface area (Å²) < 4.78 is 10.5. The average Bonchev–Trinajstić information content (AvgIpc) is 2.43. The molecule has 5 heteroatoms. The number of piperidine rings is 1. The number of hydrogen-bond acceptors (Lipinski definition) is 4. The van der Waals surface area contributed by atoms with E-state index >= 15 is 0 Å². The molecule has 0 aromatic carbocycles. The lowest BCUT2D eigenvalue weighted by Gasteiger charge is -2.38. The van der Waals surface area contributed by atoms with Crippen LogP contribution in [0.4, 0.5) is 4.79 Å². The minimum Gasteiger partial charge on any atom is -0.466 e. The van der Waals surface area contributed by atoms with Gasteiger partial charge < -0.3 is 14.4 Å². The Bertz CT molecular complexity index is 423. The maximum absolute atomic E-state index is 12.4. The molecule has 0 spiro atoms. The molecule has 0 saturated carbocycles. The van der Waals surface area contributed by atoms with Gasteiger partial charge in [-0.3, -0.25) is 4.79 Å². The highest BCUT2D eigenvalue weighted by Crippen LogP contribution is 2.27. The molecule has 1 amide bonds. The molecule has 0 aliphatic carbocycles. The predicted octanol–water partition coefficient (Wildman–Crippen LogP) is 3.68. The summed E-state index contributed by atoms with van der Waals surface area (Å²) in [5.41, 5.74) is 0.417. The van der Waals surface area contributed by atoms with Crippen molar-refractivity contribution >= 4 is 12.1 Å². The van der Waals surface area contributed by atoms with Gasteiger partial charge in [0.2, 0.25) is 0 Å². The van der Waals surface area contributed by atoms with Gasteiger partial charge in [0.25, 0.3) is 0 Å². The Morgan fingerprint density at radius 3 is 2.50 bits per heavy atom. The second-order valence-corrected chi connectivity index (χ2v) is 6.53. The summed E-state index contributed by atoms with van der Waals surface area (Å²) in [5, 5.41) is 0. The number of carbonyl (C=O) groups is 2. The molecule has 22 heavy (non-hydrogen) atoms. The highest BCUT2D eigenvalue weighted by molar-refractivity contribution is 5.74. The van der Waals surface area contributed by atoms with Crippen LogP contribution in [-0.4, -0.2) is 41.8 Å². The maximum atomic E-state index is 12.4. The first-order chi connectivity index (χ1) is 10.3. The molecular formula is C17H29NO4. The molecule has 1 aliphatic rings. The van der Waals surface area contributed by atoms with E-state index in [4.69, 9.17) is 9.47 Å². The molecular weight excluding hydrogens is 282 g/mol. The zero-order valence-electron chi connectivity index (χ0n) is 14.5. The number of nitrogens with zero attached hydrogens (tertiary/aromatic N) is 1. The van der Waals surface area contributed by atoms with E-state index in [2.05, 4.69) is 0 Å². The van der Waals surface area contributed by atoms with Gasteiger partial charge in [0, 0.05) is 6.54 Å². The summed E-state index contributed by atoms with van der Waals surface area (Å²) in [6.07, 6.45) is 4.72. The standard InChI is InChI=1S/C17H29NO4/c1-6-13(12-15(19)21-7-2)14-10-8-9-11-18(14)16(20)22-17(3,4)5/h6,14H,7-12H2,1-5H3/b13-6+. The van der Waals surface area contributed by atoms with Crippen molar-refractivity contribution in [3.05, 3.63) is 11.6 Å². The highest BCUT2D eigenvalue weighted by atomic mass is 16.6. The van der Waals surface area contributed by atoms with E-state index in [0.29, 0.717) is 13.2 Å². The van der Waals surface area contributed by atoms with Gasteiger partial charge in [-0.2, -0.15) is 0 Å². The van der Waals surface area contributed by atoms with Crippen LogP contribution in [0.1, 0.15) is 60.3 Å². The molecule has 1 aliphatic heterocycles. The van der Waals surface area contributed by atoms with Gasteiger partial charge in [-0.05, 0) is 59.5 Å². The maximum Gasteiger partial charge on any atom is 0.410 e. The van der Waals surface area contributed by atoms with E-state index in [1.807, 2.05) is 33.8 Å². The number of amides is 1. The zero-order chi connectivity index (χ0) is 16.8. The SMILES string of the molecule is C/C=C(\CC(=O)OCC)C1CCCCN1C(=O)OC(C)(C)C. The minimum atomic E-state index is -0.518. The third-order valence-electron chi connectivity index (χ3n) is 3.58. The van der Waals surface area contributed by atoms with E-state index < -0.39 is 5.60 Å². The quantitative estimate of drug-likeness (QED) is 0.587. The normalized spacial score (nSPS) is 19.8. The van der Waals surface area contributed by atoms with Crippen molar-refractivity contribution in [2.45, 2.75) is 71.9 Å². The van der Waals surface area contributed by atoms with Crippen molar-refractivity contribution in [3.8, 4) is 0 Å². The van der Waals surface area contributed by atoms with Crippen LogP contribution in [0.2, 0.25) is 0 Å². The number of carbonyl (C=O) groups excluding carboxylic acids is 2. The summed E-state index contributed by atoms with van der Waals surface area (Å²) in [4.78, 5) is 25.9. The Balaban J connectivity index is 2.82. The van der Waals surface area contributed by atoms with Crippen LogP contribution in [0.3, 0.4) is 0 Å². The van der Waals surface area contributed by atoms with Crippen LogP contribution in [0.15, 0.2) is 11.6 Å². The third-order valence-corrected chi connectivity index (χ3v) is 3.58. The molecule has 1 rings (SSSR count). The monoisotopic (exact) mass is 311 g/mol. The zero-order valence-corrected chi connectivity index (χ0v) is 14.5. The summed E-state index contributed by atoms with van der Waals surface area (Å²) in [6, 6.07) is -0.0713. The predicted molar refractivity (Wildman–Crippen MR) is 85.6 cm³/mol. The Kier molecular flexibility index (Phi) is 6.91. The number of esters is 1. The Hall–Kier alpha value is -1.52. The second kappa shape index (κ2) is 8.20. The van der Waals surface area contributed by atoms with Crippen molar-refractivity contribution in [2.75, 3.05) is 13.2 Å². The van der Waals surface area contributed by atoms with Gasteiger partial charge >= 0.3 is 12.1 Å². The number of hydrogen-bond donors (Lipinski definition) is 0. The smallest absolute Gasteiger partial charge is 0.410 e. The molecule has 1 saturated heterocycles.